The molecule has 0 bridgehead atoms. The van der Waals surface area contributed by atoms with E-state index in [0.717, 1.165) is 58.7 Å². The van der Waals surface area contributed by atoms with E-state index < -0.39 is 6.10 Å². The number of thiazole rings is 1. The third kappa shape index (κ3) is 8.40. The lowest BCUT2D eigenvalue weighted by Gasteiger charge is -2.38. The van der Waals surface area contributed by atoms with Crippen LogP contribution in [0.1, 0.15) is 89.0 Å². The molecule has 6 rings (SSSR count). The summed E-state index contributed by atoms with van der Waals surface area (Å²) >= 11 is 1.78. The molecule has 3 saturated carbocycles. The lowest BCUT2D eigenvalue weighted by molar-refractivity contribution is -0.124. The highest BCUT2D eigenvalue weighted by atomic mass is 32.1. The van der Waals surface area contributed by atoms with Crippen LogP contribution in [0, 0.1) is 17.8 Å². The number of aliphatic hydroxyl groups is 1. The Labute approximate surface area is 289 Å². The van der Waals surface area contributed by atoms with Gasteiger partial charge in [-0.1, -0.05) is 30.4 Å². The zero-order chi connectivity index (χ0) is 33.8. The maximum Gasteiger partial charge on any atom is 0.410 e. The number of amides is 2. The number of likely N-dealkylation sites (tertiary alicyclic amines) is 1. The highest BCUT2D eigenvalue weighted by Gasteiger charge is 2.36. The number of methoxy groups -OCH3 is 1. The number of nitrogens with zero attached hydrogens (tertiary/aromatic N) is 3. The van der Waals surface area contributed by atoms with Crippen molar-refractivity contribution in [1.29, 1.82) is 0 Å². The summed E-state index contributed by atoms with van der Waals surface area (Å²) in [5.74, 6) is 2.41. The molecule has 48 heavy (non-hydrogen) atoms. The third-order valence-corrected chi connectivity index (χ3v) is 11.8. The van der Waals surface area contributed by atoms with Gasteiger partial charge in [0, 0.05) is 30.3 Å². The predicted octanol–water partition coefficient (Wildman–Crippen LogP) is 8.25. The van der Waals surface area contributed by atoms with Crippen molar-refractivity contribution in [2.45, 2.75) is 96.2 Å². The maximum atomic E-state index is 14.4. The molecule has 2 aromatic rings. The molecule has 1 aromatic heterocycles. The fraction of sp³-hybridized carbons (Fsp3) is 0.564. The number of benzene rings is 1. The molecule has 0 radical (unpaired) electrons. The Balaban J connectivity index is 1.12. The molecule has 1 aromatic carbocycles. The van der Waals surface area contributed by atoms with Crippen molar-refractivity contribution in [3.8, 4) is 10.4 Å². The molecule has 8 nitrogen and oxygen atoms in total. The van der Waals surface area contributed by atoms with Crippen molar-refractivity contribution >= 4 is 29.0 Å². The van der Waals surface area contributed by atoms with Crippen molar-refractivity contribution in [1.82, 2.24) is 9.88 Å². The average Bonchev–Trinajstić information content (AvgIpc) is 3.81. The predicted molar refractivity (Wildman–Crippen MR) is 191 cm³/mol. The highest BCUT2D eigenvalue weighted by molar-refractivity contribution is 7.15. The molecule has 3 aliphatic carbocycles. The minimum absolute atomic E-state index is 0.106. The van der Waals surface area contributed by atoms with Gasteiger partial charge < -0.3 is 24.4 Å². The van der Waals surface area contributed by atoms with Crippen LogP contribution in [0.5, 0.6) is 0 Å². The van der Waals surface area contributed by atoms with Gasteiger partial charge in [0.2, 0.25) is 5.91 Å². The quantitative estimate of drug-likeness (QED) is 0.191. The number of hydrogen-bond acceptors (Lipinski definition) is 7. The van der Waals surface area contributed by atoms with E-state index >= 15 is 0 Å². The van der Waals surface area contributed by atoms with Crippen LogP contribution in [0.3, 0.4) is 0 Å². The largest absolute Gasteiger partial charge is 0.497 e. The summed E-state index contributed by atoms with van der Waals surface area (Å²) in [5.41, 5.74) is 4.34. The van der Waals surface area contributed by atoms with Gasteiger partial charge in [0.1, 0.15) is 11.9 Å². The highest BCUT2D eigenvalue weighted by Crippen LogP contribution is 2.44. The van der Waals surface area contributed by atoms with Gasteiger partial charge in [0.25, 0.3) is 0 Å². The van der Waals surface area contributed by atoms with Crippen molar-refractivity contribution < 1.29 is 24.2 Å². The molecular weight excluding hydrogens is 623 g/mol. The van der Waals surface area contributed by atoms with Crippen LogP contribution in [0.4, 0.5) is 10.5 Å². The number of hydrogen-bond donors (Lipinski definition) is 1. The minimum atomic E-state index is -0.450. The summed E-state index contributed by atoms with van der Waals surface area (Å²) in [7, 11) is 1.70. The number of ether oxygens (including phenoxy) is 2. The Morgan fingerprint density at radius 3 is 2.38 bits per heavy atom. The van der Waals surface area contributed by atoms with E-state index in [1.54, 1.807) is 18.4 Å². The smallest absolute Gasteiger partial charge is 0.410 e. The zero-order valence-electron chi connectivity index (χ0n) is 28.7. The first-order chi connectivity index (χ1) is 23.2. The number of aliphatic hydroxyl groups excluding tert-OH is 1. The van der Waals surface area contributed by atoms with E-state index in [4.69, 9.17) is 14.5 Å². The lowest BCUT2D eigenvalue weighted by Crippen LogP contribution is -2.54. The molecule has 1 saturated heterocycles. The molecule has 2 amide bonds. The Morgan fingerprint density at radius 1 is 1.02 bits per heavy atom. The third-order valence-electron chi connectivity index (χ3n) is 10.5. The van der Waals surface area contributed by atoms with Crippen LogP contribution in [-0.2, 0) is 14.3 Å². The fourth-order valence-corrected chi connectivity index (χ4v) is 8.37. The van der Waals surface area contributed by atoms with E-state index in [1.165, 1.54) is 22.7 Å². The van der Waals surface area contributed by atoms with Crippen molar-refractivity contribution in [3.63, 3.8) is 0 Å². The normalized spacial score (nSPS) is 24.5. The monoisotopic (exact) mass is 673 g/mol. The Kier molecular flexibility index (Phi) is 11.1. The molecule has 4 aliphatic rings. The summed E-state index contributed by atoms with van der Waals surface area (Å²) < 4.78 is 11.2. The number of β-amino-alcohol motifs (C(OH)–C–C–N with tert-alkyl or cyclic N) is 1. The number of rotatable bonds is 11. The molecule has 9 heteroatoms. The molecule has 1 N–H and O–H groups in total. The Hall–Kier alpha value is -3.43. The first kappa shape index (κ1) is 34.4. The van der Waals surface area contributed by atoms with E-state index in [0.29, 0.717) is 63.1 Å². The van der Waals surface area contributed by atoms with Gasteiger partial charge in [-0.05, 0) is 119 Å². The topological polar surface area (TPSA) is 92.2 Å². The summed E-state index contributed by atoms with van der Waals surface area (Å²) in [4.78, 5) is 36.3. The number of aromatic nitrogens is 1. The van der Waals surface area contributed by atoms with Gasteiger partial charge in [-0.15, -0.1) is 11.3 Å². The molecular formula is C39H51N3O5S. The molecule has 0 atom stereocenters. The van der Waals surface area contributed by atoms with E-state index in [1.807, 2.05) is 26.1 Å². The molecule has 0 spiro atoms. The van der Waals surface area contributed by atoms with Crippen LogP contribution >= 0.6 is 11.3 Å². The first-order valence-corrected chi connectivity index (χ1v) is 18.6. The van der Waals surface area contributed by atoms with Gasteiger partial charge in [0.05, 0.1) is 36.2 Å². The second-order valence-electron chi connectivity index (χ2n) is 14.4. The van der Waals surface area contributed by atoms with E-state index in [9.17, 15) is 14.7 Å². The van der Waals surface area contributed by atoms with Crippen molar-refractivity contribution in [2.24, 2.45) is 17.8 Å². The van der Waals surface area contributed by atoms with E-state index in [2.05, 4.69) is 41.8 Å². The fourth-order valence-electron chi connectivity index (χ4n) is 7.29. The van der Waals surface area contributed by atoms with Gasteiger partial charge in [0.15, 0.2) is 0 Å². The number of carbonyl (C=O) groups is 2. The van der Waals surface area contributed by atoms with Crippen LogP contribution in [0.2, 0.25) is 0 Å². The average molecular weight is 674 g/mol. The Morgan fingerprint density at radius 2 is 1.73 bits per heavy atom. The van der Waals surface area contributed by atoms with Crippen LogP contribution in [-0.4, -0.2) is 65.9 Å². The van der Waals surface area contributed by atoms with E-state index in [-0.39, 0.29) is 24.0 Å². The SMILES string of the molecule is C=C(/C=C\C(OC)=C(C)C)[C@H]1CC[C@H](CN(c2cccc(-c3cnc(C4CC4)s3)c2)C(=O)[C@H]2CC[C@H](OC(=O)N3CC(O)C3)CC2)CC1. The van der Waals surface area contributed by atoms with Gasteiger partial charge in [-0.25, -0.2) is 9.78 Å². The molecule has 2 heterocycles. The maximum absolute atomic E-state index is 14.4. The molecule has 258 valence electrons. The van der Waals surface area contributed by atoms with Crippen LogP contribution in [0.25, 0.3) is 10.4 Å². The zero-order valence-corrected chi connectivity index (χ0v) is 29.6. The summed E-state index contributed by atoms with van der Waals surface area (Å²) in [6, 6.07) is 8.44. The molecule has 1 aliphatic heterocycles. The van der Waals surface area contributed by atoms with Crippen LogP contribution < -0.4 is 4.90 Å². The number of anilines is 1. The van der Waals surface area contributed by atoms with Crippen molar-refractivity contribution in [2.75, 3.05) is 31.6 Å². The van der Waals surface area contributed by atoms with Crippen molar-refractivity contribution in [3.05, 3.63) is 71.1 Å². The molecule has 0 unspecified atom stereocenters. The summed E-state index contributed by atoms with van der Waals surface area (Å²) in [5, 5.41) is 10.8. The summed E-state index contributed by atoms with van der Waals surface area (Å²) in [6.07, 6.45) is 14.6. The van der Waals surface area contributed by atoms with Gasteiger partial charge >= 0.3 is 6.09 Å². The lowest BCUT2D eigenvalue weighted by atomic mass is 9.78. The minimum Gasteiger partial charge on any atom is -0.497 e. The van der Waals surface area contributed by atoms with Gasteiger partial charge in [-0.3, -0.25) is 4.79 Å². The van der Waals surface area contributed by atoms with Gasteiger partial charge in [-0.2, -0.15) is 0 Å². The van der Waals surface area contributed by atoms with Crippen LogP contribution in [0.15, 0.2) is 66.1 Å². The first-order valence-electron chi connectivity index (χ1n) is 17.8. The number of carbonyl (C=O) groups excluding carboxylic acids is 2. The summed E-state index contributed by atoms with van der Waals surface area (Å²) in [6.45, 7) is 9.85. The number of allylic oxidation sites excluding steroid dienone is 4. The Bertz CT molecular complexity index is 1520. The second kappa shape index (κ2) is 15.4. The molecule has 4 fully saturated rings. The second-order valence-corrected chi connectivity index (χ2v) is 15.5. The standard InChI is InChI=1S/C39H51N3O5S/c1-25(2)35(46-4)19-8-26(3)28-11-9-27(10-12-28)22-42(32-7-5-6-31(20-32)36-21-40-37(48-36)29-13-14-29)38(44)30-15-17-34(18-16-30)47-39(45)41-23-33(43)24-41/h5-8,19-21,27-30,33-34,43H,3,9-18,22-24H2,1-2,4H3/b19-8-/t27-,28-,30-,34-.